The lowest BCUT2D eigenvalue weighted by Crippen LogP contribution is -2.41. The highest BCUT2D eigenvalue weighted by molar-refractivity contribution is 7.99. The van der Waals surface area contributed by atoms with Gasteiger partial charge in [0, 0.05) is 28.2 Å². The molecular formula is C25H19NO4S. The topological polar surface area (TPSA) is 59.8 Å². The first-order chi connectivity index (χ1) is 15.2. The highest BCUT2D eigenvalue weighted by Crippen LogP contribution is 2.43. The molecule has 1 aromatic heterocycles. The molecule has 0 unspecified atom stereocenters. The van der Waals surface area contributed by atoms with E-state index in [9.17, 15) is 9.59 Å². The number of nitrogens with zero attached hydrogens (tertiary/aromatic N) is 1. The highest BCUT2D eigenvalue weighted by atomic mass is 32.2. The van der Waals surface area contributed by atoms with E-state index in [4.69, 9.17) is 9.15 Å². The molecule has 4 aromatic rings. The van der Waals surface area contributed by atoms with Crippen LogP contribution in [0.15, 0.2) is 99.0 Å². The molecule has 0 fully saturated rings. The maximum Gasteiger partial charge on any atom is 0.336 e. The highest BCUT2D eigenvalue weighted by Gasteiger charge is 2.32. The molecule has 1 aliphatic heterocycles. The first-order valence-corrected chi connectivity index (χ1v) is 10.9. The van der Waals surface area contributed by atoms with Crippen molar-refractivity contribution >= 4 is 34.3 Å². The van der Waals surface area contributed by atoms with Gasteiger partial charge in [-0.15, -0.1) is 11.8 Å². The van der Waals surface area contributed by atoms with Crippen LogP contribution < -0.4 is 15.3 Å². The lowest BCUT2D eigenvalue weighted by Gasteiger charge is -2.37. The molecule has 5 nitrogen and oxygen atoms in total. The average Bonchev–Trinajstić information content (AvgIpc) is 2.82. The summed E-state index contributed by atoms with van der Waals surface area (Å²) in [5.74, 6) is 1.12. The second kappa shape index (κ2) is 8.32. The maximum atomic E-state index is 13.4. The number of hydrogen-bond donors (Lipinski definition) is 0. The minimum Gasteiger partial charge on any atom is -0.484 e. The van der Waals surface area contributed by atoms with E-state index in [0.717, 1.165) is 27.3 Å². The van der Waals surface area contributed by atoms with E-state index < -0.39 is 5.63 Å². The van der Waals surface area contributed by atoms with Crippen molar-refractivity contribution < 1.29 is 13.9 Å². The zero-order valence-electron chi connectivity index (χ0n) is 16.6. The second-order valence-corrected chi connectivity index (χ2v) is 8.27. The molecule has 6 heteroatoms. The van der Waals surface area contributed by atoms with Gasteiger partial charge in [-0.05, 0) is 35.9 Å². The Balaban J connectivity index is 1.42. The summed E-state index contributed by atoms with van der Waals surface area (Å²) in [7, 11) is 0. The third kappa shape index (κ3) is 3.94. The number of anilines is 1. The predicted octanol–water partition coefficient (Wildman–Crippen LogP) is 5.05. The summed E-state index contributed by atoms with van der Waals surface area (Å²) in [6.07, 6.45) is 0. The lowest BCUT2D eigenvalue weighted by atomic mass is 10.1. The monoisotopic (exact) mass is 429 g/mol. The molecular weight excluding hydrogens is 410 g/mol. The molecule has 0 spiro atoms. The van der Waals surface area contributed by atoms with E-state index >= 15 is 0 Å². The summed E-state index contributed by atoms with van der Waals surface area (Å²) in [6, 6.07) is 26.2. The van der Waals surface area contributed by atoms with Crippen molar-refractivity contribution in [2.24, 2.45) is 0 Å². The standard InChI is InChI=1S/C25H19NO4S/c27-24(15-29-19-12-10-18-11-13-25(28)30-22(18)14-19)26-20-8-4-5-9-23(20)31-16-21(26)17-6-2-1-3-7-17/h1-14,21H,15-16H2/t21-/m0/s1. The van der Waals surface area contributed by atoms with Crippen molar-refractivity contribution in [2.75, 3.05) is 17.3 Å². The largest absolute Gasteiger partial charge is 0.484 e. The van der Waals surface area contributed by atoms with Crippen LogP contribution in [0, 0.1) is 0 Å². The van der Waals surface area contributed by atoms with Gasteiger partial charge < -0.3 is 9.15 Å². The van der Waals surface area contributed by atoms with Gasteiger partial charge >= 0.3 is 5.63 Å². The van der Waals surface area contributed by atoms with Gasteiger partial charge in [0.05, 0.1) is 11.7 Å². The second-order valence-electron chi connectivity index (χ2n) is 7.21. The third-order valence-corrected chi connectivity index (χ3v) is 6.38. The van der Waals surface area contributed by atoms with Crippen LogP contribution in [0.25, 0.3) is 11.0 Å². The SMILES string of the molecule is O=C(COc1ccc2ccc(=O)oc2c1)N1c2ccccc2SC[C@H]1c1ccccc1. The Hall–Kier alpha value is -3.51. The van der Waals surface area contributed by atoms with Gasteiger partial charge in [-0.2, -0.15) is 0 Å². The first-order valence-electron chi connectivity index (χ1n) is 9.94. The molecule has 154 valence electrons. The Morgan fingerprint density at radius 3 is 2.65 bits per heavy atom. The van der Waals surface area contributed by atoms with Crippen molar-refractivity contribution in [1.82, 2.24) is 0 Å². The van der Waals surface area contributed by atoms with Crippen LogP contribution in [-0.2, 0) is 4.79 Å². The molecule has 0 bridgehead atoms. The first kappa shape index (κ1) is 19.5. The minimum atomic E-state index is -0.422. The Labute approximate surface area is 183 Å². The summed E-state index contributed by atoms with van der Waals surface area (Å²) in [5, 5.41) is 0.796. The maximum absolute atomic E-state index is 13.4. The summed E-state index contributed by atoms with van der Waals surface area (Å²) < 4.78 is 11.0. The van der Waals surface area contributed by atoms with Crippen molar-refractivity contribution in [3.05, 3.63) is 101 Å². The zero-order chi connectivity index (χ0) is 21.2. The number of carbonyl (C=O) groups excluding carboxylic acids is 1. The molecule has 1 aliphatic rings. The minimum absolute atomic E-state index is 0.0770. The average molecular weight is 429 g/mol. The number of benzene rings is 3. The van der Waals surface area contributed by atoms with Gasteiger partial charge in [0.1, 0.15) is 11.3 Å². The Morgan fingerprint density at radius 1 is 1.00 bits per heavy atom. The lowest BCUT2D eigenvalue weighted by molar-refractivity contribution is -0.121. The molecule has 0 radical (unpaired) electrons. The van der Waals surface area contributed by atoms with E-state index in [-0.39, 0.29) is 18.6 Å². The van der Waals surface area contributed by atoms with Gasteiger partial charge in [-0.25, -0.2) is 4.79 Å². The number of para-hydroxylation sites is 1. The third-order valence-electron chi connectivity index (χ3n) is 5.24. The summed E-state index contributed by atoms with van der Waals surface area (Å²) in [6.45, 7) is -0.120. The van der Waals surface area contributed by atoms with Crippen LogP contribution in [0.2, 0.25) is 0 Å². The Morgan fingerprint density at radius 2 is 1.77 bits per heavy atom. The smallest absolute Gasteiger partial charge is 0.336 e. The molecule has 31 heavy (non-hydrogen) atoms. The molecule has 1 atom stereocenters. The number of fused-ring (bicyclic) bond motifs is 2. The summed E-state index contributed by atoms with van der Waals surface area (Å²) in [5.41, 5.74) is 1.99. The van der Waals surface area contributed by atoms with E-state index in [1.165, 1.54) is 6.07 Å². The van der Waals surface area contributed by atoms with Crippen molar-refractivity contribution in [3.63, 3.8) is 0 Å². The van der Waals surface area contributed by atoms with E-state index in [1.54, 1.807) is 36.0 Å². The number of carbonyl (C=O) groups is 1. The van der Waals surface area contributed by atoms with Crippen LogP contribution >= 0.6 is 11.8 Å². The van der Waals surface area contributed by atoms with Crippen LogP contribution in [0.1, 0.15) is 11.6 Å². The molecule has 5 rings (SSSR count). The van der Waals surface area contributed by atoms with Gasteiger partial charge in [0.25, 0.3) is 5.91 Å². The predicted molar refractivity (Wildman–Crippen MR) is 122 cm³/mol. The summed E-state index contributed by atoms with van der Waals surface area (Å²) >= 11 is 1.75. The summed E-state index contributed by atoms with van der Waals surface area (Å²) in [4.78, 5) is 27.8. The Bertz CT molecular complexity index is 1300. The van der Waals surface area contributed by atoms with Crippen molar-refractivity contribution in [1.29, 1.82) is 0 Å². The molecule has 0 aliphatic carbocycles. The molecule has 0 N–H and O–H groups in total. The Kier molecular flexibility index (Phi) is 5.22. The number of hydrogen-bond acceptors (Lipinski definition) is 5. The normalized spacial score (nSPS) is 15.5. The number of amides is 1. The van der Waals surface area contributed by atoms with Crippen LogP contribution in [0.4, 0.5) is 5.69 Å². The van der Waals surface area contributed by atoms with Gasteiger partial charge in [0.15, 0.2) is 6.61 Å². The fraction of sp³-hybridized carbons (Fsp3) is 0.120. The molecule has 2 heterocycles. The number of ether oxygens (including phenoxy) is 1. The number of rotatable bonds is 4. The van der Waals surface area contributed by atoms with Gasteiger partial charge in [-0.1, -0.05) is 42.5 Å². The fourth-order valence-corrected chi connectivity index (χ4v) is 4.93. The number of thioether (sulfide) groups is 1. The molecule has 0 saturated heterocycles. The van der Waals surface area contributed by atoms with Gasteiger partial charge in [0.2, 0.25) is 0 Å². The van der Waals surface area contributed by atoms with Crippen LogP contribution in [0.3, 0.4) is 0 Å². The molecule has 3 aromatic carbocycles. The van der Waals surface area contributed by atoms with Crippen LogP contribution in [-0.4, -0.2) is 18.3 Å². The van der Waals surface area contributed by atoms with E-state index in [2.05, 4.69) is 0 Å². The van der Waals surface area contributed by atoms with E-state index in [1.807, 2.05) is 59.5 Å². The zero-order valence-corrected chi connectivity index (χ0v) is 17.4. The molecule has 1 amide bonds. The van der Waals surface area contributed by atoms with Crippen molar-refractivity contribution in [3.8, 4) is 5.75 Å². The van der Waals surface area contributed by atoms with Crippen LogP contribution in [0.5, 0.6) is 5.75 Å². The van der Waals surface area contributed by atoms with E-state index in [0.29, 0.717) is 11.3 Å². The molecule has 0 saturated carbocycles. The quantitative estimate of drug-likeness (QED) is 0.425. The van der Waals surface area contributed by atoms with Crippen molar-refractivity contribution in [2.45, 2.75) is 10.9 Å². The van der Waals surface area contributed by atoms with Gasteiger partial charge in [-0.3, -0.25) is 9.69 Å². The fourth-order valence-electron chi connectivity index (χ4n) is 3.76.